The van der Waals surface area contributed by atoms with Crippen LogP contribution in [0.3, 0.4) is 0 Å². The summed E-state index contributed by atoms with van der Waals surface area (Å²) in [5, 5.41) is 8.29. The maximum absolute atomic E-state index is 13.8. The van der Waals surface area contributed by atoms with E-state index in [0.29, 0.717) is 0 Å². The van der Waals surface area contributed by atoms with Crippen molar-refractivity contribution in [3.63, 3.8) is 0 Å². The van der Waals surface area contributed by atoms with E-state index < -0.39 is 40.1 Å². The SMILES string of the molecule is OC(CCl)COc1cccc2c(F)c(F)c(F)c(F)c12. The number of rotatable bonds is 4. The highest BCUT2D eigenvalue weighted by molar-refractivity contribution is 6.18. The number of ether oxygens (including phenoxy) is 1. The molecule has 0 heterocycles. The lowest BCUT2D eigenvalue weighted by Crippen LogP contribution is -2.19. The van der Waals surface area contributed by atoms with Crippen LogP contribution < -0.4 is 4.74 Å². The number of hydrogen-bond acceptors (Lipinski definition) is 2. The molecule has 108 valence electrons. The van der Waals surface area contributed by atoms with Crippen molar-refractivity contribution < 1.29 is 27.4 Å². The average molecular weight is 309 g/mol. The monoisotopic (exact) mass is 308 g/mol. The lowest BCUT2D eigenvalue weighted by Gasteiger charge is -2.13. The second-order valence-corrected chi connectivity index (χ2v) is 4.36. The van der Waals surface area contributed by atoms with Crippen molar-refractivity contribution in [1.82, 2.24) is 0 Å². The molecule has 0 aromatic heterocycles. The number of hydrogen-bond donors (Lipinski definition) is 1. The molecule has 0 spiro atoms. The third-order valence-electron chi connectivity index (χ3n) is 2.67. The van der Waals surface area contributed by atoms with Crippen LogP contribution in [0.2, 0.25) is 0 Å². The van der Waals surface area contributed by atoms with Crippen LogP contribution in [0, 0.1) is 23.3 Å². The van der Waals surface area contributed by atoms with Gasteiger partial charge in [0, 0.05) is 5.39 Å². The Morgan fingerprint density at radius 2 is 1.70 bits per heavy atom. The Morgan fingerprint density at radius 1 is 1.05 bits per heavy atom. The zero-order valence-corrected chi connectivity index (χ0v) is 10.7. The van der Waals surface area contributed by atoms with Crippen LogP contribution >= 0.6 is 11.6 Å². The summed E-state index contributed by atoms with van der Waals surface area (Å²) >= 11 is 5.37. The minimum absolute atomic E-state index is 0.120. The topological polar surface area (TPSA) is 29.5 Å². The average Bonchev–Trinajstić information content (AvgIpc) is 2.47. The number of benzene rings is 2. The van der Waals surface area contributed by atoms with Crippen molar-refractivity contribution in [2.75, 3.05) is 12.5 Å². The van der Waals surface area contributed by atoms with Crippen molar-refractivity contribution in [2.45, 2.75) is 6.10 Å². The third-order valence-corrected chi connectivity index (χ3v) is 3.03. The summed E-state index contributed by atoms with van der Waals surface area (Å²) in [4.78, 5) is 0. The summed E-state index contributed by atoms with van der Waals surface area (Å²) in [6, 6.07) is 3.65. The van der Waals surface area contributed by atoms with E-state index in [1.807, 2.05) is 0 Å². The molecule has 0 saturated heterocycles. The number of halogens is 5. The van der Waals surface area contributed by atoms with Gasteiger partial charge in [0.05, 0.1) is 11.3 Å². The van der Waals surface area contributed by atoms with E-state index in [0.717, 1.165) is 6.07 Å². The van der Waals surface area contributed by atoms with Gasteiger partial charge in [0.2, 0.25) is 0 Å². The molecule has 2 aromatic carbocycles. The summed E-state index contributed by atoms with van der Waals surface area (Å²) in [6.45, 7) is -0.289. The molecule has 0 amide bonds. The fourth-order valence-electron chi connectivity index (χ4n) is 1.71. The van der Waals surface area contributed by atoms with Gasteiger partial charge in [0.25, 0.3) is 0 Å². The molecule has 20 heavy (non-hydrogen) atoms. The molecule has 2 rings (SSSR count). The van der Waals surface area contributed by atoms with Gasteiger partial charge in [-0.15, -0.1) is 11.6 Å². The Morgan fingerprint density at radius 3 is 2.35 bits per heavy atom. The molecule has 0 bridgehead atoms. The summed E-state index contributed by atoms with van der Waals surface area (Å²) in [5.74, 6) is -7.17. The molecule has 0 fully saturated rings. The van der Waals surface area contributed by atoms with Crippen molar-refractivity contribution in [2.24, 2.45) is 0 Å². The van der Waals surface area contributed by atoms with Crippen LogP contribution in [-0.2, 0) is 0 Å². The normalized spacial score (nSPS) is 12.7. The van der Waals surface area contributed by atoms with Gasteiger partial charge in [-0.2, -0.15) is 0 Å². The molecule has 2 aromatic rings. The molecule has 0 saturated carbocycles. The van der Waals surface area contributed by atoms with Gasteiger partial charge >= 0.3 is 0 Å². The number of fused-ring (bicyclic) bond motifs is 1. The summed E-state index contributed by atoms with van der Waals surface area (Å²) in [5.41, 5.74) is 0. The zero-order valence-electron chi connectivity index (χ0n) is 9.97. The van der Waals surface area contributed by atoms with Crippen LogP contribution in [-0.4, -0.2) is 23.7 Å². The van der Waals surface area contributed by atoms with E-state index in [4.69, 9.17) is 16.3 Å². The molecular formula is C13H9ClF4O2. The lowest BCUT2D eigenvalue weighted by atomic mass is 10.1. The Labute approximate surface area is 116 Å². The Kier molecular flexibility index (Phi) is 4.35. The Balaban J connectivity index is 2.57. The second kappa shape index (κ2) is 5.85. The quantitative estimate of drug-likeness (QED) is 0.406. The van der Waals surface area contributed by atoms with Crippen LogP contribution in [0.25, 0.3) is 10.8 Å². The fraction of sp³-hybridized carbons (Fsp3) is 0.231. The first-order valence-electron chi connectivity index (χ1n) is 5.58. The predicted molar refractivity (Wildman–Crippen MR) is 66.0 cm³/mol. The van der Waals surface area contributed by atoms with Crippen molar-refractivity contribution >= 4 is 22.4 Å². The standard InChI is InChI=1S/C13H9ClF4O2/c14-4-6(19)5-20-8-3-1-2-7-9(8)11(16)13(18)12(17)10(7)15/h1-3,6,19H,4-5H2. The summed E-state index contributed by atoms with van der Waals surface area (Å²) in [6.07, 6.45) is -1.02. The number of aliphatic hydroxyl groups excluding tert-OH is 1. The van der Waals surface area contributed by atoms with E-state index in [9.17, 15) is 22.7 Å². The first-order chi connectivity index (χ1) is 9.47. The van der Waals surface area contributed by atoms with E-state index in [1.165, 1.54) is 12.1 Å². The summed E-state index contributed by atoms with van der Waals surface area (Å²) < 4.78 is 58.8. The van der Waals surface area contributed by atoms with Gasteiger partial charge in [-0.3, -0.25) is 0 Å². The highest BCUT2D eigenvalue weighted by Crippen LogP contribution is 2.33. The molecule has 7 heteroatoms. The largest absolute Gasteiger partial charge is 0.490 e. The van der Waals surface area contributed by atoms with Crippen LogP contribution in [0.4, 0.5) is 17.6 Å². The fourth-order valence-corrected chi connectivity index (χ4v) is 1.80. The van der Waals surface area contributed by atoms with E-state index in [1.54, 1.807) is 0 Å². The van der Waals surface area contributed by atoms with Gasteiger partial charge in [-0.25, -0.2) is 17.6 Å². The minimum atomic E-state index is -1.91. The number of aliphatic hydroxyl groups is 1. The van der Waals surface area contributed by atoms with Crippen molar-refractivity contribution in [3.05, 3.63) is 41.5 Å². The van der Waals surface area contributed by atoms with E-state index in [-0.39, 0.29) is 18.2 Å². The predicted octanol–water partition coefficient (Wildman–Crippen LogP) is 3.37. The van der Waals surface area contributed by atoms with Crippen LogP contribution in [0.5, 0.6) is 5.75 Å². The molecule has 0 aliphatic carbocycles. The lowest BCUT2D eigenvalue weighted by molar-refractivity contribution is 0.126. The molecule has 1 N–H and O–H groups in total. The van der Waals surface area contributed by atoms with Crippen molar-refractivity contribution in [3.8, 4) is 5.75 Å². The number of alkyl halides is 1. The smallest absolute Gasteiger partial charge is 0.198 e. The maximum atomic E-state index is 13.8. The second-order valence-electron chi connectivity index (χ2n) is 4.05. The van der Waals surface area contributed by atoms with Crippen LogP contribution in [0.15, 0.2) is 18.2 Å². The van der Waals surface area contributed by atoms with Gasteiger partial charge in [-0.05, 0) is 6.07 Å². The highest BCUT2D eigenvalue weighted by Gasteiger charge is 2.22. The van der Waals surface area contributed by atoms with Gasteiger partial charge < -0.3 is 9.84 Å². The molecule has 0 aliphatic heterocycles. The maximum Gasteiger partial charge on any atom is 0.198 e. The van der Waals surface area contributed by atoms with Gasteiger partial charge in [0.1, 0.15) is 18.5 Å². The molecule has 1 unspecified atom stereocenters. The zero-order chi connectivity index (χ0) is 14.9. The first-order valence-corrected chi connectivity index (χ1v) is 6.12. The van der Waals surface area contributed by atoms with E-state index >= 15 is 0 Å². The Hall–Kier alpha value is -1.53. The van der Waals surface area contributed by atoms with Crippen molar-refractivity contribution in [1.29, 1.82) is 0 Å². The molecular weight excluding hydrogens is 300 g/mol. The van der Waals surface area contributed by atoms with Crippen LogP contribution in [0.1, 0.15) is 0 Å². The molecule has 1 atom stereocenters. The minimum Gasteiger partial charge on any atom is -0.490 e. The van der Waals surface area contributed by atoms with E-state index in [2.05, 4.69) is 0 Å². The molecule has 2 nitrogen and oxygen atoms in total. The van der Waals surface area contributed by atoms with Gasteiger partial charge in [0.15, 0.2) is 23.3 Å². The molecule has 0 radical (unpaired) electrons. The third kappa shape index (κ3) is 2.53. The molecule has 0 aliphatic rings. The summed E-state index contributed by atoms with van der Waals surface area (Å²) in [7, 11) is 0. The highest BCUT2D eigenvalue weighted by atomic mass is 35.5. The van der Waals surface area contributed by atoms with Gasteiger partial charge in [-0.1, -0.05) is 12.1 Å². The Bertz CT molecular complexity index is 648. The first kappa shape index (κ1) is 14.9.